The quantitative estimate of drug-likeness (QED) is 0.647. The molecule has 1 heterocycles. The van der Waals surface area contributed by atoms with Crippen molar-refractivity contribution in [2.75, 3.05) is 5.32 Å². The Labute approximate surface area is 158 Å². The molecule has 0 spiro atoms. The lowest BCUT2D eigenvalue weighted by molar-refractivity contribution is -0.124. The zero-order valence-electron chi connectivity index (χ0n) is 15.7. The highest BCUT2D eigenvalue weighted by Crippen LogP contribution is 2.22. The van der Waals surface area contributed by atoms with Gasteiger partial charge in [0.2, 0.25) is 0 Å². The maximum Gasteiger partial charge on any atom is 0.338 e. The first-order valence-electron chi connectivity index (χ1n) is 9.07. The molecule has 6 nitrogen and oxygen atoms in total. The molecule has 0 aliphatic heterocycles. The van der Waals surface area contributed by atoms with Gasteiger partial charge in [0.15, 0.2) is 6.10 Å². The van der Waals surface area contributed by atoms with Crippen LogP contribution in [0, 0.1) is 6.92 Å². The lowest BCUT2D eigenvalue weighted by Gasteiger charge is -2.18. The molecule has 2 aromatic carbocycles. The van der Waals surface area contributed by atoms with Gasteiger partial charge in [0.25, 0.3) is 5.91 Å². The number of carbonyl (C=O) groups excluding carboxylic acids is 2. The number of para-hydroxylation sites is 1. The summed E-state index contributed by atoms with van der Waals surface area (Å²) in [6.45, 7) is 5.79. The summed E-state index contributed by atoms with van der Waals surface area (Å²) in [4.78, 5) is 32.3. The minimum atomic E-state index is -0.862. The highest BCUT2D eigenvalue weighted by atomic mass is 16.5. The summed E-state index contributed by atoms with van der Waals surface area (Å²) in [5, 5.41) is 2.93. The number of ether oxygens (including phenoxy) is 1. The SMILES string of the molecule is CCc1cccc(C)c1NC(=O)C(CC)OC(=O)c1ccc2nc[nH]c2c1. The number of aromatic nitrogens is 2. The highest BCUT2D eigenvalue weighted by molar-refractivity contribution is 5.99. The number of benzene rings is 2. The first-order valence-corrected chi connectivity index (χ1v) is 9.07. The van der Waals surface area contributed by atoms with Crippen LogP contribution in [0.2, 0.25) is 0 Å². The third-order valence-electron chi connectivity index (χ3n) is 4.56. The van der Waals surface area contributed by atoms with Crippen molar-refractivity contribution < 1.29 is 14.3 Å². The van der Waals surface area contributed by atoms with E-state index < -0.39 is 12.1 Å². The molecule has 1 unspecified atom stereocenters. The summed E-state index contributed by atoms with van der Waals surface area (Å²) >= 11 is 0. The summed E-state index contributed by atoms with van der Waals surface area (Å²) in [6, 6.07) is 11.0. The molecule has 1 amide bonds. The summed E-state index contributed by atoms with van der Waals surface area (Å²) in [7, 11) is 0. The molecule has 1 atom stereocenters. The molecule has 6 heteroatoms. The second-order valence-corrected chi connectivity index (χ2v) is 6.39. The van der Waals surface area contributed by atoms with Gasteiger partial charge in [-0.05, 0) is 49.1 Å². The molecular formula is C21H23N3O3. The number of hydrogen-bond acceptors (Lipinski definition) is 4. The van der Waals surface area contributed by atoms with Crippen LogP contribution < -0.4 is 5.32 Å². The van der Waals surface area contributed by atoms with Crippen molar-refractivity contribution in [3.63, 3.8) is 0 Å². The molecule has 0 aliphatic carbocycles. The largest absolute Gasteiger partial charge is 0.449 e. The second-order valence-electron chi connectivity index (χ2n) is 6.39. The van der Waals surface area contributed by atoms with E-state index >= 15 is 0 Å². The Morgan fingerprint density at radius 1 is 1.22 bits per heavy atom. The van der Waals surface area contributed by atoms with Crippen molar-refractivity contribution in [1.29, 1.82) is 0 Å². The van der Waals surface area contributed by atoms with Gasteiger partial charge in [0.1, 0.15) is 0 Å². The van der Waals surface area contributed by atoms with Crippen LogP contribution in [-0.2, 0) is 16.0 Å². The number of carbonyl (C=O) groups is 2. The Balaban J connectivity index is 1.74. The number of imidazole rings is 1. The molecule has 27 heavy (non-hydrogen) atoms. The lowest BCUT2D eigenvalue weighted by Crippen LogP contribution is -2.32. The third kappa shape index (κ3) is 4.00. The standard InChI is InChI=1S/C21H23N3O3/c1-4-14-8-6-7-13(3)19(14)24-20(25)18(5-2)27-21(26)15-9-10-16-17(11-15)23-12-22-16/h6-12,18H,4-5H2,1-3H3,(H,22,23)(H,24,25). The van der Waals surface area contributed by atoms with Crippen LogP contribution in [-0.4, -0.2) is 27.9 Å². The van der Waals surface area contributed by atoms with Crippen LogP contribution in [0.3, 0.4) is 0 Å². The van der Waals surface area contributed by atoms with Crippen LogP contribution in [0.4, 0.5) is 5.69 Å². The smallest absolute Gasteiger partial charge is 0.338 e. The van der Waals surface area contributed by atoms with Gasteiger partial charge in [-0.1, -0.05) is 32.0 Å². The molecule has 3 rings (SSSR count). The Morgan fingerprint density at radius 2 is 2.04 bits per heavy atom. The van der Waals surface area contributed by atoms with Crippen LogP contribution in [0.15, 0.2) is 42.7 Å². The number of amides is 1. The predicted molar refractivity (Wildman–Crippen MR) is 105 cm³/mol. The average Bonchev–Trinajstić information content (AvgIpc) is 3.15. The molecular weight excluding hydrogens is 342 g/mol. The molecule has 0 fully saturated rings. The number of esters is 1. The van der Waals surface area contributed by atoms with Crippen molar-refractivity contribution in [3.8, 4) is 0 Å². The minimum Gasteiger partial charge on any atom is -0.449 e. The second kappa shape index (κ2) is 8.03. The number of nitrogens with zero attached hydrogens (tertiary/aromatic N) is 1. The van der Waals surface area contributed by atoms with Crippen LogP contribution in [0.25, 0.3) is 11.0 Å². The summed E-state index contributed by atoms with van der Waals surface area (Å²) < 4.78 is 5.47. The number of hydrogen-bond donors (Lipinski definition) is 2. The van der Waals surface area contributed by atoms with Gasteiger partial charge in [0.05, 0.1) is 22.9 Å². The molecule has 1 aromatic heterocycles. The Kier molecular flexibility index (Phi) is 5.54. The van der Waals surface area contributed by atoms with E-state index in [-0.39, 0.29) is 5.91 Å². The van der Waals surface area contributed by atoms with Crippen molar-refractivity contribution in [2.45, 2.75) is 39.7 Å². The lowest BCUT2D eigenvalue weighted by atomic mass is 10.1. The maximum absolute atomic E-state index is 12.7. The number of H-pyrrole nitrogens is 1. The van der Waals surface area contributed by atoms with Gasteiger partial charge >= 0.3 is 5.97 Å². The van der Waals surface area contributed by atoms with E-state index in [4.69, 9.17) is 4.74 Å². The Morgan fingerprint density at radius 3 is 2.78 bits per heavy atom. The van der Waals surface area contributed by atoms with E-state index in [2.05, 4.69) is 15.3 Å². The van der Waals surface area contributed by atoms with E-state index in [9.17, 15) is 9.59 Å². The van der Waals surface area contributed by atoms with E-state index in [1.54, 1.807) is 24.5 Å². The van der Waals surface area contributed by atoms with E-state index in [0.717, 1.165) is 34.3 Å². The van der Waals surface area contributed by atoms with Crippen molar-refractivity contribution in [2.24, 2.45) is 0 Å². The van der Waals surface area contributed by atoms with Gasteiger partial charge in [-0.3, -0.25) is 4.79 Å². The van der Waals surface area contributed by atoms with E-state index in [0.29, 0.717) is 12.0 Å². The van der Waals surface area contributed by atoms with Crippen LogP contribution in [0.1, 0.15) is 41.8 Å². The number of aromatic amines is 1. The average molecular weight is 365 g/mol. The molecule has 0 saturated heterocycles. The van der Waals surface area contributed by atoms with Crippen molar-refractivity contribution >= 4 is 28.6 Å². The monoisotopic (exact) mass is 365 g/mol. The number of aryl methyl sites for hydroxylation is 2. The summed E-state index contributed by atoms with van der Waals surface area (Å²) in [6.07, 6.45) is 1.89. The molecule has 2 N–H and O–H groups in total. The first kappa shape index (κ1) is 18.6. The maximum atomic E-state index is 12.7. The van der Waals surface area contributed by atoms with Gasteiger partial charge in [0, 0.05) is 5.69 Å². The highest BCUT2D eigenvalue weighted by Gasteiger charge is 2.23. The molecule has 140 valence electrons. The predicted octanol–water partition coefficient (Wildman–Crippen LogP) is 4.01. The zero-order valence-corrected chi connectivity index (χ0v) is 15.7. The van der Waals surface area contributed by atoms with Crippen molar-refractivity contribution in [1.82, 2.24) is 9.97 Å². The third-order valence-corrected chi connectivity index (χ3v) is 4.56. The number of rotatable bonds is 6. The summed E-state index contributed by atoms with van der Waals surface area (Å²) in [5.74, 6) is -0.855. The van der Waals surface area contributed by atoms with E-state index in [1.807, 2.05) is 39.0 Å². The molecule has 0 saturated carbocycles. The molecule has 0 aliphatic rings. The molecule has 3 aromatic rings. The zero-order chi connectivity index (χ0) is 19.4. The minimum absolute atomic E-state index is 0.322. The normalized spacial score (nSPS) is 12.0. The van der Waals surface area contributed by atoms with Gasteiger partial charge in [-0.25, -0.2) is 9.78 Å². The Hall–Kier alpha value is -3.15. The van der Waals surface area contributed by atoms with Gasteiger partial charge < -0.3 is 15.0 Å². The fourth-order valence-corrected chi connectivity index (χ4v) is 2.99. The van der Waals surface area contributed by atoms with Crippen LogP contribution >= 0.6 is 0 Å². The Bertz CT molecular complexity index is 978. The fraction of sp³-hybridized carbons (Fsp3) is 0.286. The van der Waals surface area contributed by atoms with Gasteiger partial charge in [-0.2, -0.15) is 0 Å². The van der Waals surface area contributed by atoms with Crippen molar-refractivity contribution in [3.05, 3.63) is 59.4 Å². The summed E-state index contributed by atoms with van der Waals surface area (Å²) in [5.41, 5.74) is 4.71. The number of nitrogens with one attached hydrogen (secondary N) is 2. The van der Waals surface area contributed by atoms with Gasteiger partial charge in [-0.15, -0.1) is 0 Å². The van der Waals surface area contributed by atoms with E-state index in [1.165, 1.54) is 0 Å². The number of fused-ring (bicyclic) bond motifs is 1. The molecule has 0 radical (unpaired) electrons. The number of anilines is 1. The fourth-order valence-electron chi connectivity index (χ4n) is 2.99. The topological polar surface area (TPSA) is 84.1 Å². The van der Waals surface area contributed by atoms with Crippen LogP contribution in [0.5, 0.6) is 0 Å². The molecule has 0 bridgehead atoms. The first-order chi connectivity index (χ1) is 13.0.